The van der Waals surface area contributed by atoms with Crippen LogP contribution in [0.1, 0.15) is 43.1 Å². The molecule has 0 aromatic heterocycles. The molecule has 2 aromatic carbocycles. The van der Waals surface area contributed by atoms with Crippen LogP contribution in [0.4, 0.5) is 5.69 Å². The average Bonchev–Trinajstić information content (AvgIpc) is 2.75. The fourth-order valence-electron chi connectivity index (χ4n) is 3.72. The van der Waals surface area contributed by atoms with Crippen molar-refractivity contribution in [1.82, 2.24) is 5.32 Å². The Kier molecular flexibility index (Phi) is 7.49. The number of halogens is 1. The van der Waals surface area contributed by atoms with Crippen LogP contribution in [0, 0.1) is 5.92 Å². The normalized spacial score (nSPS) is 16.4. The van der Waals surface area contributed by atoms with E-state index in [9.17, 15) is 14.4 Å². The second-order valence-corrected chi connectivity index (χ2v) is 8.92. The molecule has 0 radical (unpaired) electrons. The molecule has 2 amide bonds. The minimum atomic E-state index is -0.863. The number of hydrogen-bond acceptors (Lipinski definition) is 4. The fourth-order valence-corrected chi connectivity index (χ4v) is 4.19. The molecule has 6 nitrogen and oxygen atoms in total. The van der Waals surface area contributed by atoms with E-state index < -0.39 is 12.0 Å². The third kappa shape index (κ3) is 5.34. The SMILES string of the molecule is CC(C)[C@H](NC(=O)c1ccccc1Br)C(=O)OCC(=O)N1c2ccccc2CCC1C. The summed E-state index contributed by atoms with van der Waals surface area (Å²) >= 11 is 3.35. The van der Waals surface area contributed by atoms with Crippen LogP contribution >= 0.6 is 15.9 Å². The van der Waals surface area contributed by atoms with Crippen LogP contribution in [-0.4, -0.2) is 36.5 Å². The highest BCUT2D eigenvalue weighted by Gasteiger charge is 2.31. The number of esters is 1. The molecule has 1 aliphatic rings. The first-order chi connectivity index (χ1) is 14.8. The first-order valence-corrected chi connectivity index (χ1v) is 11.2. The van der Waals surface area contributed by atoms with Crippen molar-refractivity contribution in [1.29, 1.82) is 0 Å². The topological polar surface area (TPSA) is 75.7 Å². The first-order valence-electron chi connectivity index (χ1n) is 10.4. The molecule has 1 N–H and O–H groups in total. The number of nitrogens with zero attached hydrogens (tertiary/aromatic N) is 1. The van der Waals surface area contributed by atoms with Crippen molar-refractivity contribution in [3.05, 3.63) is 64.1 Å². The Bertz CT molecular complexity index is 976. The summed E-state index contributed by atoms with van der Waals surface area (Å²) in [5.74, 6) is -1.48. The lowest BCUT2D eigenvalue weighted by Gasteiger charge is -2.35. The molecule has 3 rings (SSSR count). The number of nitrogens with one attached hydrogen (secondary N) is 1. The van der Waals surface area contributed by atoms with Crippen LogP contribution in [0.25, 0.3) is 0 Å². The number of para-hydroxylation sites is 1. The molecule has 1 aliphatic heterocycles. The summed E-state index contributed by atoms with van der Waals surface area (Å²) in [6.07, 6.45) is 1.77. The van der Waals surface area contributed by atoms with Crippen LogP contribution in [0.2, 0.25) is 0 Å². The zero-order valence-corrected chi connectivity index (χ0v) is 19.5. The van der Waals surface area contributed by atoms with E-state index in [-0.39, 0.29) is 30.4 Å². The lowest BCUT2D eigenvalue weighted by molar-refractivity contribution is -0.150. The van der Waals surface area contributed by atoms with Gasteiger partial charge in [0.05, 0.1) is 5.56 Å². The predicted molar refractivity (Wildman–Crippen MR) is 123 cm³/mol. The molecule has 0 aliphatic carbocycles. The number of rotatable bonds is 6. The molecule has 2 atom stereocenters. The molecule has 0 fully saturated rings. The number of fused-ring (bicyclic) bond motifs is 1. The quantitative estimate of drug-likeness (QED) is 0.623. The van der Waals surface area contributed by atoms with E-state index in [2.05, 4.69) is 21.2 Å². The van der Waals surface area contributed by atoms with Crippen molar-refractivity contribution < 1.29 is 19.1 Å². The molecule has 7 heteroatoms. The zero-order chi connectivity index (χ0) is 22.5. The third-order valence-electron chi connectivity index (χ3n) is 5.46. The number of benzene rings is 2. The molecule has 164 valence electrons. The Morgan fingerprint density at radius 1 is 1.13 bits per heavy atom. The lowest BCUT2D eigenvalue weighted by Crippen LogP contribution is -2.48. The zero-order valence-electron chi connectivity index (χ0n) is 17.9. The number of carbonyl (C=O) groups excluding carboxylic acids is 3. The van der Waals surface area contributed by atoms with E-state index in [1.165, 1.54) is 0 Å². The summed E-state index contributed by atoms with van der Waals surface area (Å²) < 4.78 is 5.99. The summed E-state index contributed by atoms with van der Waals surface area (Å²) in [4.78, 5) is 40.0. The van der Waals surface area contributed by atoms with Gasteiger partial charge in [0.15, 0.2) is 6.61 Å². The van der Waals surface area contributed by atoms with Crippen molar-refractivity contribution in [2.45, 2.75) is 45.7 Å². The smallest absolute Gasteiger partial charge is 0.329 e. The Hall–Kier alpha value is -2.67. The van der Waals surface area contributed by atoms with Gasteiger partial charge in [-0.2, -0.15) is 0 Å². The van der Waals surface area contributed by atoms with E-state index >= 15 is 0 Å². The molecule has 0 spiro atoms. The maximum absolute atomic E-state index is 12.9. The average molecular weight is 487 g/mol. The standard InChI is InChI=1S/C24H27BrN2O4/c1-15(2)22(26-23(29)18-9-5-6-10-19(18)25)24(30)31-14-21(28)27-16(3)12-13-17-8-4-7-11-20(17)27/h4-11,15-16,22H,12-14H2,1-3H3,(H,26,29)/t16?,22-/m0/s1. The molecule has 2 aromatic rings. The predicted octanol–water partition coefficient (Wildman–Crippen LogP) is 4.11. The minimum Gasteiger partial charge on any atom is -0.454 e. The molecule has 1 unspecified atom stereocenters. The van der Waals surface area contributed by atoms with Crippen LogP contribution in [0.5, 0.6) is 0 Å². The van der Waals surface area contributed by atoms with Gasteiger partial charge in [0, 0.05) is 16.2 Å². The van der Waals surface area contributed by atoms with Gasteiger partial charge >= 0.3 is 5.97 Å². The molecular weight excluding hydrogens is 460 g/mol. The number of ether oxygens (including phenoxy) is 1. The van der Waals surface area contributed by atoms with Crippen molar-refractivity contribution in [3.8, 4) is 0 Å². The number of amides is 2. The lowest BCUT2D eigenvalue weighted by atomic mass is 9.96. The van der Waals surface area contributed by atoms with E-state index in [0.29, 0.717) is 10.0 Å². The Labute approximate surface area is 191 Å². The van der Waals surface area contributed by atoms with Crippen molar-refractivity contribution in [2.24, 2.45) is 5.92 Å². The Morgan fingerprint density at radius 2 is 1.81 bits per heavy atom. The van der Waals surface area contributed by atoms with Gasteiger partial charge in [-0.05, 0) is 65.4 Å². The van der Waals surface area contributed by atoms with E-state index in [1.54, 1.807) is 29.2 Å². The minimum absolute atomic E-state index is 0.0251. The van der Waals surface area contributed by atoms with Crippen molar-refractivity contribution >= 4 is 39.4 Å². The molecule has 0 bridgehead atoms. The van der Waals surface area contributed by atoms with Crippen LogP contribution in [0.3, 0.4) is 0 Å². The number of anilines is 1. The second-order valence-electron chi connectivity index (χ2n) is 8.06. The summed E-state index contributed by atoms with van der Waals surface area (Å²) in [5, 5.41) is 2.73. The largest absolute Gasteiger partial charge is 0.454 e. The van der Waals surface area contributed by atoms with Gasteiger partial charge in [-0.15, -0.1) is 0 Å². The van der Waals surface area contributed by atoms with E-state index in [4.69, 9.17) is 4.74 Å². The summed E-state index contributed by atoms with van der Waals surface area (Å²) in [7, 11) is 0. The maximum Gasteiger partial charge on any atom is 0.329 e. The van der Waals surface area contributed by atoms with Gasteiger partial charge in [0.2, 0.25) is 0 Å². The molecular formula is C24H27BrN2O4. The summed E-state index contributed by atoms with van der Waals surface area (Å²) in [5.41, 5.74) is 2.40. The highest BCUT2D eigenvalue weighted by molar-refractivity contribution is 9.10. The van der Waals surface area contributed by atoms with Crippen molar-refractivity contribution in [2.75, 3.05) is 11.5 Å². The number of aryl methyl sites for hydroxylation is 1. The third-order valence-corrected chi connectivity index (χ3v) is 6.15. The van der Waals surface area contributed by atoms with E-state index in [0.717, 1.165) is 24.1 Å². The molecule has 31 heavy (non-hydrogen) atoms. The van der Waals surface area contributed by atoms with E-state index in [1.807, 2.05) is 45.0 Å². The van der Waals surface area contributed by atoms with Gasteiger partial charge in [0.25, 0.3) is 11.8 Å². The van der Waals surface area contributed by atoms with Gasteiger partial charge in [-0.1, -0.05) is 44.2 Å². The van der Waals surface area contributed by atoms with Crippen molar-refractivity contribution in [3.63, 3.8) is 0 Å². The highest BCUT2D eigenvalue weighted by atomic mass is 79.9. The van der Waals surface area contributed by atoms with Gasteiger partial charge in [-0.25, -0.2) is 4.79 Å². The maximum atomic E-state index is 12.9. The monoisotopic (exact) mass is 486 g/mol. The molecule has 1 heterocycles. The Balaban J connectivity index is 1.66. The molecule has 0 saturated carbocycles. The van der Waals surface area contributed by atoms with Crippen LogP contribution < -0.4 is 10.2 Å². The number of hydrogen-bond donors (Lipinski definition) is 1. The van der Waals surface area contributed by atoms with Crippen LogP contribution in [-0.2, 0) is 20.7 Å². The van der Waals surface area contributed by atoms with Crippen LogP contribution in [0.15, 0.2) is 53.0 Å². The highest BCUT2D eigenvalue weighted by Crippen LogP contribution is 2.30. The summed E-state index contributed by atoms with van der Waals surface area (Å²) in [6, 6.07) is 13.9. The summed E-state index contributed by atoms with van der Waals surface area (Å²) in [6.45, 7) is 5.25. The fraction of sp³-hybridized carbons (Fsp3) is 0.375. The van der Waals surface area contributed by atoms with Gasteiger partial charge < -0.3 is 15.0 Å². The first kappa shape index (κ1) is 23.0. The second kappa shape index (κ2) is 10.1. The molecule has 0 saturated heterocycles. The Morgan fingerprint density at radius 3 is 2.52 bits per heavy atom. The van der Waals surface area contributed by atoms with Gasteiger partial charge in [-0.3, -0.25) is 9.59 Å². The van der Waals surface area contributed by atoms with Gasteiger partial charge in [0.1, 0.15) is 6.04 Å². The number of carbonyl (C=O) groups is 3.